The highest BCUT2D eigenvalue weighted by Crippen LogP contribution is 2.40. The summed E-state index contributed by atoms with van der Waals surface area (Å²) in [6.45, 7) is 3.51. The maximum absolute atomic E-state index is 15.1. The Balaban J connectivity index is 2.40. The van der Waals surface area contributed by atoms with Gasteiger partial charge >= 0.3 is 6.97 Å². The third-order valence-electron chi connectivity index (χ3n) is 4.30. The lowest BCUT2D eigenvalue weighted by atomic mass is 9.88. The molecule has 22 heavy (non-hydrogen) atoms. The van der Waals surface area contributed by atoms with E-state index < -0.39 is 6.97 Å². The van der Waals surface area contributed by atoms with Crippen molar-refractivity contribution in [2.75, 3.05) is 6.54 Å². The maximum atomic E-state index is 15.1. The van der Waals surface area contributed by atoms with Crippen LogP contribution >= 0.6 is 0 Å². The van der Waals surface area contributed by atoms with Crippen molar-refractivity contribution in [1.29, 1.82) is 0 Å². The summed E-state index contributed by atoms with van der Waals surface area (Å²) < 4.78 is 32.6. The monoisotopic (exact) mass is 301 g/mol. The molecule has 0 aromatic carbocycles. The summed E-state index contributed by atoms with van der Waals surface area (Å²) in [4.78, 5) is 0. The smallest absolute Gasteiger partial charge is 0.392 e. The third-order valence-corrected chi connectivity index (χ3v) is 4.30. The lowest BCUT2D eigenvalue weighted by Crippen LogP contribution is -2.52. The first-order valence-corrected chi connectivity index (χ1v) is 7.25. The molecule has 0 bridgehead atoms. The molecular formula is C16H18BF2N3. The van der Waals surface area contributed by atoms with Crippen molar-refractivity contribution in [1.82, 2.24) is 9.79 Å². The molecule has 0 spiro atoms. The first-order chi connectivity index (χ1) is 10.3. The van der Waals surface area contributed by atoms with Crippen LogP contribution in [0.1, 0.15) is 30.8 Å². The zero-order valence-corrected chi connectivity index (χ0v) is 13.2. The molecule has 0 amide bonds. The SMILES string of the molecule is C#CCNC1=C2C(C)=CC(C)=[N+]2[B-](F)(F)n2c(C)cc(C)c21. The van der Waals surface area contributed by atoms with E-state index in [-0.39, 0.29) is 0 Å². The van der Waals surface area contributed by atoms with Crippen molar-refractivity contribution >= 4 is 18.4 Å². The van der Waals surface area contributed by atoms with E-state index in [2.05, 4.69) is 11.2 Å². The van der Waals surface area contributed by atoms with Crippen molar-refractivity contribution in [3.05, 3.63) is 40.4 Å². The van der Waals surface area contributed by atoms with E-state index in [0.29, 0.717) is 35.0 Å². The first kappa shape index (κ1) is 14.6. The number of allylic oxidation sites excluding steroid dienone is 2. The van der Waals surface area contributed by atoms with Crippen LogP contribution in [0.4, 0.5) is 8.63 Å². The molecule has 1 aromatic rings. The van der Waals surface area contributed by atoms with Gasteiger partial charge in [-0.1, -0.05) is 5.92 Å². The number of aromatic nitrogens is 1. The van der Waals surface area contributed by atoms with E-state index in [1.54, 1.807) is 26.0 Å². The van der Waals surface area contributed by atoms with Gasteiger partial charge in [-0.3, -0.25) is 0 Å². The van der Waals surface area contributed by atoms with Crippen molar-refractivity contribution in [3.63, 3.8) is 0 Å². The Labute approximate surface area is 129 Å². The van der Waals surface area contributed by atoms with E-state index in [9.17, 15) is 0 Å². The molecule has 2 aliphatic rings. The number of nitrogens with one attached hydrogen (secondary N) is 1. The van der Waals surface area contributed by atoms with Gasteiger partial charge in [-0.05, 0) is 38.1 Å². The molecule has 6 heteroatoms. The van der Waals surface area contributed by atoms with Gasteiger partial charge in [0.05, 0.1) is 6.54 Å². The van der Waals surface area contributed by atoms with Gasteiger partial charge in [0, 0.05) is 24.3 Å². The predicted molar refractivity (Wildman–Crippen MR) is 85.7 cm³/mol. The molecule has 114 valence electrons. The van der Waals surface area contributed by atoms with Crippen LogP contribution in [0.5, 0.6) is 0 Å². The van der Waals surface area contributed by atoms with Gasteiger partial charge in [-0.15, -0.1) is 6.42 Å². The second-order valence-electron chi connectivity index (χ2n) is 5.90. The Morgan fingerprint density at radius 3 is 2.64 bits per heavy atom. The number of halogens is 2. The summed E-state index contributed by atoms with van der Waals surface area (Å²) in [5.74, 6) is 2.52. The van der Waals surface area contributed by atoms with E-state index >= 15 is 8.63 Å². The van der Waals surface area contributed by atoms with Gasteiger partial charge in [0.25, 0.3) is 0 Å². The van der Waals surface area contributed by atoms with Crippen LogP contribution in [0, 0.1) is 26.2 Å². The first-order valence-electron chi connectivity index (χ1n) is 7.25. The normalized spacial score (nSPS) is 18.9. The van der Waals surface area contributed by atoms with Crippen LogP contribution in [0.3, 0.4) is 0 Å². The summed E-state index contributed by atoms with van der Waals surface area (Å²) in [5, 5.41) is 3.15. The molecule has 2 aliphatic heterocycles. The summed E-state index contributed by atoms with van der Waals surface area (Å²) >= 11 is 0. The zero-order chi connectivity index (χ0) is 16.2. The second kappa shape index (κ2) is 4.60. The maximum Gasteiger partial charge on any atom is 0.737 e. The Bertz CT molecular complexity index is 819. The van der Waals surface area contributed by atoms with E-state index in [0.717, 1.165) is 20.1 Å². The summed E-state index contributed by atoms with van der Waals surface area (Å²) in [5.41, 5.74) is 4.49. The quantitative estimate of drug-likeness (QED) is 0.657. The molecule has 0 aliphatic carbocycles. The largest absolute Gasteiger partial charge is 0.737 e. The van der Waals surface area contributed by atoms with Crippen molar-refractivity contribution in [2.45, 2.75) is 27.7 Å². The Kier molecular flexibility index (Phi) is 3.06. The number of fused-ring (bicyclic) bond motifs is 2. The molecule has 0 radical (unpaired) electrons. The third kappa shape index (κ3) is 1.72. The molecule has 0 saturated carbocycles. The zero-order valence-electron chi connectivity index (χ0n) is 13.2. The minimum Gasteiger partial charge on any atom is -0.392 e. The lowest BCUT2D eigenvalue weighted by molar-refractivity contribution is -0.364. The lowest BCUT2D eigenvalue weighted by Gasteiger charge is -2.33. The molecule has 0 unspecified atom stereocenters. The van der Waals surface area contributed by atoms with Crippen LogP contribution in [-0.4, -0.2) is 28.2 Å². The number of hydrogen-bond donors (Lipinski definition) is 1. The summed E-state index contributed by atoms with van der Waals surface area (Å²) in [6.07, 6.45) is 7.13. The van der Waals surface area contributed by atoms with Crippen molar-refractivity contribution in [2.24, 2.45) is 0 Å². The molecular weight excluding hydrogens is 283 g/mol. The average Bonchev–Trinajstić information content (AvgIpc) is 2.88. The standard InChI is InChI=1S/C16H18BF2N3/c1-6-7-20-14-15-10(2)8-12(4)21(15)17(18,19)22-13(5)9-11(3)16(14)22/h1,8-9,20H,7H2,2-5H3. The van der Waals surface area contributed by atoms with Gasteiger partial charge in [0.15, 0.2) is 5.70 Å². The Morgan fingerprint density at radius 2 is 2.00 bits per heavy atom. The van der Waals surface area contributed by atoms with Crippen molar-refractivity contribution < 1.29 is 13.1 Å². The summed E-state index contributed by atoms with van der Waals surface area (Å²) in [7, 11) is 0. The molecule has 3 nitrogen and oxygen atoms in total. The fourth-order valence-electron chi connectivity index (χ4n) is 3.61. The minimum atomic E-state index is -3.90. The minimum absolute atomic E-state index is 0.293. The molecule has 3 rings (SSSR count). The number of aryl methyl sites for hydroxylation is 2. The summed E-state index contributed by atoms with van der Waals surface area (Å²) in [6, 6.07) is 1.79. The molecule has 1 aromatic heterocycles. The van der Waals surface area contributed by atoms with Crippen LogP contribution in [-0.2, 0) is 0 Å². The van der Waals surface area contributed by atoms with Crippen molar-refractivity contribution in [3.8, 4) is 12.3 Å². The van der Waals surface area contributed by atoms with Gasteiger partial charge in [-0.25, -0.2) is 0 Å². The Hall–Kier alpha value is -2.29. The molecule has 0 atom stereocenters. The van der Waals surface area contributed by atoms with Gasteiger partial charge in [0.1, 0.15) is 11.4 Å². The number of terminal acetylenes is 1. The fourth-order valence-corrected chi connectivity index (χ4v) is 3.61. The molecule has 3 heterocycles. The van der Waals surface area contributed by atoms with Crippen LogP contribution in [0.25, 0.3) is 5.70 Å². The molecule has 0 fully saturated rings. The number of rotatable bonds is 2. The molecule has 0 saturated heterocycles. The highest BCUT2D eigenvalue weighted by atomic mass is 19.2. The van der Waals surface area contributed by atoms with Gasteiger partial charge in [0.2, 0.25) is 0 Å². The highest BCUT2D eigenvalue weighted by molar-refractivity contribution is 6.58. The second-order valence-corrected chi connectivity index (χ2v) is 5.90. The van der Waals surface area contributed by atoms with E-state index in [4.69, 9.17) is 6.42 Å². The topological polar surface area (TPSA) is 20.0 Å². The van der Waals surface area contributed by atoms with Crippen LogP contribution in [0.2, 0.25) is 0 Å². The fraction of sp³-hybridized carbons (Fsp3) is 0.312. The molecule has 1 N–H and O–H groups in total. The number of nitrogens with zero attached hydrogens (tertiary/aromatic N) is 2. The van der Waals surface area contributed by atoms with Crippen LogP contribution in [0.15, 0.2) is 23.4 Å². The van der Waals surface area contributed by atoms with E-state index in [1.165, 1.54) is 0 Å². The number of hydrogen-bond acceptors (Lipinski definition) is 1. The highest BCUT2D eigenvalue weighted by Gasteiger charge is 2.55. The van der Waals surface area contributed by atoms with E-state index in [1.807, 2.05) is 13.8 Å². The van der Waals surface area contributed by atoms with Crippen LogP contribution < -0.4 is 5.32 Å². The van der Waals surface area contributed by atoms with Gasteiger partial charge < -0.3 is 22.9 Å². The Morgan fingerprint density at radius 1 is 1.32 bits per heavy atom. The average molecular weight is 301 g/mol. The predicted octanol–water partition coefficient (Wildman–Crippen LogP) is 2.67. The van der Waals surface area contributed by atoms with Gasteiger partial charge in [-0.2, -0.15) is 0 Å².